The second-order valence-electron chi connectivity index (χ2n) is 10.1. The molecule has 176 valence electrons. The van der Waals surface area contributed by atoms with Gasteiger partial charge in [0.25, 0.3) is 5.56 Å². The Morgan fingerprint density at radius 1 is 1.00 bits per heavy atom. The van der Waals surface area contributed by atoms with E-state index in [9.17, 15) is 4.79 Å². The average Bonchev–Trinajstić information content (AvgIpc) is 2.88. The van der Waals surface area contributed by atoms with Gasteiger partial charge in [-0.15, -0.1) is 0 Å². The van der Waals surface area contributed by atoms with E-state index in [0.29, 0.717) is 0 Å². The Morgan fingerprint density at radius 3 is 2.62 bits per heavy atom. The van der Waals surface area contributed by atoms with E-state index < -0.39 is 0 Å². The zero-order valence-corrected chi connectivity index (χ0v) is 19.8. The number of aromatic amines is 1. The monoisotopic (exact) mass is 455 g/mol. The predicted molar refractivity (Wildman–Crippen MR) is 134 cm³/mol. The number of benzene rings is 2. The van der Waals surface area contributed by atoms with Gasteiger partial charge < -0.3 is 10.2 Å². The molecular weight excluding hydrogens is 422 g/mol. The van der Waals surface area contributed by atoms with Gasteiger partial charge in [0.05, 0.1) is 5.69 Å². The van der Waals surface area contributed by atoms with Gasteiger partial charge in [-0.1, -0.05) is 54.6 Å². The zero-order valence-electron chi connectivity index (χ0n) is 19.8. The van der Waals surface area contributed by atoms with Crippen LogP contribution in [0.15, 0.2) is 59.4 Å². The molecule has 2 aliphatic heterocycles. The minimum atomic E-state index is -0.0222. The standard InChI is InChI=1S/C28H33N5O/c1-32-13-15-33(16-14-32)18-19-7-5-10-21(17-19)24-26(20-8-3-2-4-9-20)29-23-12-6-11-22-25(23)27(24)30-31-28(22)34/h2-5,7-10,17,23-24,26,29H,6,11-16,18H2,1H3,(H,31,34). The average molecular weight is 456 g/mol. The Kier molecular flexibility index (Phi) is 5.81. The van der Waals surface area contributed by atoms with Crippen LogP contribution in [0.4, 0.5) is 0 Å². The minimum Gasteiger partial charge on any atom is -0.304 e. The van der Waals surface area contributed by atoms with Gasteiger partial charge in [-0.2, -0.15) is 5.10 Å². The number of H-pyrrole nitrogens is 1. The molecule has 0 bridgehead atoms. The first-order valence-electron chi connectivity index (χ1n) is 12.6. The van der Waals surface area contributed by atoms with Crippen LogP contribution < -0.4 is 10.9 Å². The highest BCUT2D eigenvalue weighted by Gasteiger charge is 2.40. The molecule has 0 saturated carbocycles. The van der Waals surface area contributed by atoms with Crippen molar-refractivity contribution in [2.45, 2.75) is 43.8 Å². The zero-order chi connectivity index (χ0) is 23.1. The molecule has 1 fully saturated rings. The van der Waals surface area contributed by atoms with Gasteiger partial charge in [0.2, 0.25) is 0 Å². The molecule has 6 nitrogen and oxygen atoms in total. The number of piperazine rings is 1. The first-order valence-corrected chi connectivity index (χ1v) is 12.6. The molecule has 3 atom stereocenters. The first kappa shape index (κ1) is 21.7. The lowest BCUT2D eigenvalue weighted by atomic mass is 9.74. The van der Waals surface area contributed by atoms with Gasteiger partial charge in [0.1, 0.15) is 0 Å². The summed E-state index contributed by atoms with van der Waals surface area (Å²) in [6, 6.07) is 20.0. The highest BCUT2D eigenvalue weighted by molar-refractivity contribution is 5.46. The first-order chi connectivity index (χ1) is 16.7. The SMILES string of the molecule is CN1CCN(Cc2cccc(C3c4n[nH]c(=O)c5c4C(CCC5)NC3c3ccccc3)c2)CC1. The van der Waals surface area contributed by atoms with Gasteiger partial charge >= 0.3 is 0 Å². The van der Waals surface area contributed by atoms with E-state index in [0.717, 1.165) is 68.8 Å². The maximum absolute atomic E-state index is 12.6. The van der Waals surface area contributed by atoms with Crippen LogP contribution in [0.25, 0.3) is 0 Å². The van der Waals surface area contributed by atoms with Gasteiger partial charge in [0, 0.05) is 61.9 Å². The third kappa shape index (κ3) is 4.00. The van der Waals surface area contributed by atoms with E-state index >= 15 is 0 Å². The van der Waals surface area contributed by atoms with E-state index in [2.05, 4.69) is 81.9 Å². The molecule has 1 aromatic heterocycles. The van der Waals surface area contributed by atoms with Gasteiger partial charge in [0.15, 0.2) is 0 Å². The Labute approximate surface area is 201 Å². The van der Waals surface area contributed by atoms with E-state index in [1.807, 2.05) is 0 Å². The van der Waals surface area contributed by atoms with Crippen molar-refractivity contribution in [2.75, 3.05) is 33.2 Å². The van der Waals surface area contributed by atoms with Crippen LogP contribution in [-0.4, -0.2) is 53.2 Å². The molecule has 0 radical (unpaired) electrons. The molecule has 3 aromatic rings. The van der Waals surface area contributed by atoms with E-state index in [1.165, 1.54) is 16.7 Å². The number of hydrogen-bond acceptors (Lipinski definition) is 5. The summed E-state index contributed by atoms with van der Waals surface area (Å²) in [5, 5.41) is 11.5. The van der Waals surface area contributed by atoms with Crippen molar-refractivity contribution in [2.24, 2.45) is 0 Å². The van der Waals surface area contributed by atoms with Crippen LogP contribution in [0.1, 0.15) is 64.4 Å². The van der Waals surface area contributed by atoms with E-state index in [4.69, 9.17) is 5.10 Å². The lowest BCUT2D eigenvalue weighted by Gasteiger charge is -2.41. The summed E-state index contributed by atoms with van der Waals surface area (Å²) < 4.78 is 0. The van der Waals surface area contributed by atoms with Crippen molar-refractivity contribution in [1.29, 1.82) is 0 Å². The predicted octanol–water partition coefficient (Wildman–Crippen LogP) is 3.37. The van der Waals surface area contributed by atoms with E-state index in [1.54, 1.807) is 0 Å². The summed E-state index contributed by atoms with van der Waals surface area (Å²) in [5.41, 5.74) is 6.97. The third-order valence-corrected chi connectivity index (χ3v) is 7.90. The maximum atomic E-state index is 12.6. The molecule has 1 aliphatic carbocycles. The number of nitrogens with one attached hydrogen (secondary N) is 2. The minimum absolute atomic E-state index is 0.0222. The highest BCUT2D eigenvalue weighted by atomic mass is 16.1. The summed E-state index contributed by atoms with van der Waals surface area (Å²) in [4.78, 5) is 17.6. The number of hydrogen-bond donors (Lipinski definition) is 2. The Morgan fingerprint density at radius 2 is 1.79 bits per heavy atom. The fraction of sp³-hybridized carbons (Fsp3) is 0.429. The molecule has 3 unspecified atom stereocenters. The highest BCUT2D eigenvalue weighted by Crippen LogP contribution is 2.47. The lowest BCUT2D eigenvalue weighted by Crippen LogP contribution is -2.44. The maximum Gasteiger partial charge on any atom is 0.267 e. The topological polar surface area (TPSA) is 64.3 Å². The molecule has 1 saturated heterocycles. The molecule has 0 amide bonds. The molecular formula is C28H33N5O. The van der Waals surface area contributed by atoms with Gasteiger partial charge in [-0.05, 0) is 43.0 Å². The normalized spacial score (nSPS) is 25.1. The van der Waals surface area contributed by atoms with Crippen molar-refractivity contribution in [3.05, 3.63) is 98.5 Å². The fourth-order valence-corrected chi connectivity index (χ4v) is 6.10. The Hall–Kier alpha value is -2.80. The Bertz CT molecular complexity index is 1210. The molecule has 6 heteroatoms. The van der Waals surface area contributed by atoms with Crippen molar-refractivity contribution < 1.29 is 0 Å². The lowest BCUT2D eigenvalue weighted by molar-refractivity contribution is 0.148. The fourth-order valence-electron chi connectivity index (χ4n) is 6.10. The molecule has 3 heterocycles. The van der Waals surface area contributed by atoms with Crippen molar-refractivity contribution in [3.63, 3.8) is 0 Å². The number of likely N-dealkylation sites (N-methyl/N-ethyl adjacent to an activating group) is 1. The molecule has 2 N–H and O–H groups in total. The quantitative estimate of drug-likeness (QED) is 0.632. The van der Waals surface area contributed by atoms with Crippen LogP contribution in [-0.2, 0) is 13.0 Å². The smallest absolute Gasteiger partial charge is 0.267 e. The molecule has 0 spiro atoms. The van der Waals surface area contributed by atoms with Crippen molar-refractivity contribution in [1.82, 2.24) is 25.3 Å². The van der Waals surface area contributed by atoms with Crippen LogP contribution in [0.3, 0.4) is 0 Å². The Balaban J connectivity index is 1.42. The number of rotatable bonds is 4. The summed E-state index contributed by atoms with van der Waals surface area (Å²) in [7, 11) is 2.20. The summed E-state index contributed by atoms with van der Waals surface area (Å²) in [6.07, 6.45) is 2.92. The van der Waals surface area contributed by atoms with Gasteiger partial charge in [-0.3, -0.25) is 9.69 Å². The summed E-state index contributed by atoms with van der Waals surface area (Å²) >= 11 is 0. The second kappa shape index (κ2) is 9.10. The molecule has 6 rings (SSSR count). The third-order valence-electron chi connectivity index (χ3n) is 7.90. The molecule has 34 heavy (non-hydrogen) atoms. The van der Waals surface area contributed by atoms with Crippen molar-refractivity contribution >= 4 is 0 Å². The number of aromatic nitrogens is 2. The largest absolute Gasteiger partial charge is 0.304 e. The molecule has 3 aliphatic rings. The van der Waals surface area contributed by atoms with Crippen LogP contribution in [0.2, 0.25) is 0 Å². The number of nitrogens with zero attached hydrogens (tertiary/aromatic N) is 3. The summed E-state index contributed by atoms with van der Waals surface area (Å²) in [6.45, 7) is 5.43. The van der Waals surface area contributed by atoms with Crippen LogP contribution in [0.5, 0.6) is 0 Å². The van der Waals surface area contributed by atoms with Crippen LogP contribution in [0, 0.1) is 0 Å². The van der Waals surface area contributed by atoms with Crippen LogP contribution >= 0.6 is 0 Å². The molecule has 2 aromatic carbocycles. The van der Waals surface area contributed by atoms with Gasteiger partial charge in [-0.25, -0.2) is 5.10 Å². The second-order valence-corrected chi connectivity index (χ2v) is 10.1. The summed E-state index contributed by atoms with van der Waals surface area (Å²) in [5.74, 6) is 0.0507. The van der Waals surface area contributed by atoms with Crippen molar-refractivity contribution in [3.8, 4) is 0 Å². The van der Waals surface area contributed by atoms with E-state index in [-0.39, 0.29) is 23.6 Å².